The van der Waals surface area contributed by atoms with Gasteiger partial charge >= 0.3 is 0 Å². The number of aromatic nitrogens is 1. The maximum Gasteiger partial charge on any atom is 0.292 e. The molecule has 0 fully saturated rings. The third-order valence-electron chi connectivity index (χ3n) is 2.76. The smallest absolute Gasteiger partial charge is 0.292 e. The zero-order chi connectivity index (χ0) is 11.7. The predicted octanol–water partition coefficient (Wildman–Crippen LogP) is 2.55. The van der Waals surface area contributed by atoms with Crippen molar-refractivity contribution in [3.8, 4) is 17.0 Å². The second-order valence-electron chi connectivity index (χ2n) is 3.64. The second kappa shape index (κ2) is 3.89. The SMILES string of the molecule is COc1ccc(-c2coc(N)n2)c(C)c1C. The van der Waals surface area contributed by atoms with E-state index in [-0.39, 0.29) is 6.01 Å². The van der Waals surface area contributed by atoms with E-state index in [2.05, 4.69) is 4.98 Å². The van der Waals surface area contributed by atoms with E-state index in [1.54, 1.807) is 13.4 Å². The zero-order valence-corrected chi connectivity index (χ0v) is 9.57. The fourth-order valence-corrected chi connectivity index (χ4v) is 1.71. The highest BCUT2D eigenvalue weighted by Crippen LogP contribution is 2.30. The molecule has 1 aromatic carbocycles. The van der Waals surface area contributed by atoms with Gasteiger partial charge in [0.2, 0.25) is 0 Å². The topological polar surface area (TPSA) is 61.3 Å². The fraction of sp³-hybridized carbons (Fsp3) is 0.250. The molecule has 0 saturated heterocycles. The molecule has 0 saturated carbocycles. The van der Waals surface area contributed by atoms with Gasteiger partial charge in [0.25, 0.3) is 6.01 Å². The number of nitrogen functional groups attached to an aromatic ring is 1. The lowest BCUT2D eigenvalue weighted by Gasteiger charge is -2.10. The summed E-state index contributed by atoms with van der Waals surface area (Å²) < 4.78 is 10.3. The molecule has 1 aromatic heterocycles. The van der Waals surface area contributed by atoms with Crippen LogP contribution in [0.1, 0.15) is 11.1 Å². The first-order valence-corrected chi connectivity index (χ1v) is 4.99. The van der Waals surface area contributed by atoms with Crippen LogP contribution in [0.2, 0.25) is 0 Å². The number of nitrogens with two attached hydrogens (primary N) is 1. The third kappa shape index (κ3) is 1.62. The Balaban J connectivity index is 2.55. The molecule has 0 aliphatic heterocycles. The molecule has 4 nitrogen and oxygen atoms in total. The molecule has 16 heavy (non-hydrogen) atoms. The quantitative estimate of drug-likeness (QED) is 0.841. The molecular formula is C12H14N2O2. The van der Waals surface area contributed by atoms with Gasteiger partial charge in [-0.1, -0.05) is 0 Å². The van der Waals surface area contributed by atoms with Gasteiger partial charge in [-0.25, -0.2) is 0 Å². The molecule has 2 rings (SSSR count). The molecule has 0 amide bonds. The number of benzene rings is 1. The fourth-order valence-electron chi connectivity index (χ4n) is 1.71. The number of hydrogen-bond acceptors (Lipinski definition) is 4. The molecule has 0 atom stereocenters. The minimum Gasteiger partial charge on any atom is -0.496 e. The van der Waals surface area contributed by atoms with Crippen molar-refractivity contribution in [2.75, 3.05) is 12.8 Å². The monoisotopic (exact) mass is 218 g/mol. The van der Waals surface area contributed by atoms with E-state index >= 15 is 0 Å². The van der Waals surface area contributed by atoms with Crippen LogP contribution in [0.25, 0.3) is 11.3 Å². The van der Waals surface area contributed by atoms with Crippen molar-refractivity contribution >= 4 is 6.01 Å². The lowest BCUT2D eigenvalue weighted by atomic mass is 10.0. The van der Waals surface area contributed by atoms with E-state index in [9.17, 15) is 0 Å². The predicted molar refractivity (Wildman–Crippen MR) is 62.4 cm³/mol. The van der Waals surface area contributed by atoms with Crippen LogP contribution >= 0.6 is 0 Å². The number of oxazole rings is 1. The zero-order valence-electron chi connectivity index (χ0n) is 9.57. The number of rotatable bonds is 2. The van der Waals surface area contributed by atoms with E-state index in [0.29, 0.717) is 0 Å². The molecule has 0 radical (unpaired) electrons. The molecule has 0 bridgehead atoms. The highest BCUT2D eigenvalue weighted by molar-refractivity contribution is 5.67. The molecule has 2 aromatic rings. The summed E-state index contributed by atoms with van der Waals surface area (Å²) in [6.07, 6.45) is 1.56. The third-order valence-corrected chi connectivity index (χ3v) is 2.76. The van der Waals surface area contributed by atoms with Gasteiger partial charge in [-0.2, -0.15) is 4.98 Å². The normalized spacial score (nSPS) is 10.4. The lowest BCUT2D eigenvalue weighted by molar-refractivity contribution is 0.411. The Hall–Kier alpha value is -1.97. The summed E-state index contributed by atoms with van der Waals surface area (Å²) in [7, 11) is 1.66. The molecule has 0 aliphatic rings. The van der Waals surface area contributed by atoms with Crippen LogP contribution in [0.3, 0.4) is 0 Å². The first-order valence-electron chi connectivity index (χ1n) is 4.99. The highest BCUT2D eigenvalue weighted by atomic mass is 16.5. The maximum absolute atomic E-state index is 5.46. The van der Waals surface area contributed by atoms with Crippen molar-refractivity contribution < 1.29 is 9.15 Å². The van der Waals surface area contributed by atoms with E-state index in [1.807, 2.05) is 26.0 Å². The van der Waals surface area contributed by atoms with Crippen molar-refractivity contribution in [3.05, 3.63) is 29.5 Å². The first-order chi connectivity index (χ1) is 7.63. The van der Waals surface area contributed by atoms with Crippen LogP contribution in [0.15, 0.2) is 22.8 Å². The summed E-state index contributed by atoms with van der Waals surface area (Å²) in [6, 6.07) is 4.06. The van der Waals surface area contributed by atoms with Gasteiger partial charge in [-0.3, -0.25) is 0 Å². The van der Waals surface area contributed by atoms with Gasteiger partial charge in [0.15, 0.2) is 0 Å². The van der Waals surface area contributed by atoms with Crippen LogP contribution in [0.4, 0.5) is 6.01 Å². The summed E-state index contributed by atoms with van der Waals surface area (Å²) in [5.41, 5.74) is 9.44. The average Bonchev–Trinajstić information content (AvgIpc) is 2.69. The maximum atomic E-state index is 5.46. The molecule has 0 spiro atoms. The summed E-state index contributed by atoms with van der Waals surface area (Å²) in [5.74, 6) is 0.873. The Kier molecular flexibility index (Phi) is 2.56. The number of methoxy groups -OCH3 is 1. The van der Waals surface area contributed by atoms with Gasteiger partial charge in [0.1, 0.15) is 17.7 Å². The van der Waals surface area contributed by atoms with Crippen LogP contribution in [0, 0.1) is 13.8 Å². The minimum absolute atomic E-state index is 0.183. The summed E-state index contributed by atoms with van der Waals surface area (Å²) in [4.78, 5) is 4.11. The average molecular weight is 218 g/mol. The van der Waals surface area contributed by atoms with Gasteiger partial charge in [-0.15, -0.1) is 0 Å². The minimum atomic E-state index is 0.183. The Morgan fingerprint density at radius 1 is 1.25 bits per heavy atom. The molecule has 4 heteroatoms. The number of nitrogens with zero attached hydrogens (tertiary/aromatic N) is 1. The van der Waals surface area contributed by atoms with Gasteiger partial charge < -0.3 is 14.9 Å². The van der Waals surface area contributed by atoms with Crippen molar-refractivity contribution in [1.29, 1.82) is 0 Å². The first kappa shape index (κ1) is 10.5. The highest BCUT2D eigenvalue weighted by Gasteiger charge is 2.11. The van der Waals surface area contributed by atoms with E-state index in [4.69, 9.17) is 14.9 Å². The van der Waals surface area contributed by atoms with E-state index in [0.717, 1.165) is 28.1 Å². The molecule has 0 unspecified atom stereocenters. The Labute approximate surface area is 94.1 Å². The van der Waals surface area contributed by atoms with Crippen LogP contribution in [-0.4, -0.2) is 12.1 Å². The number of ether oxygens (including phenoxy) is 1. The summed E-state index contributed by atoms with van der Waals surface area (Å²) >= 11 is 0. The Bertz CT molecular complexity index is 518. The molecule has 1 heterocycles. The standard InChI is InChI=1S/C12H14N2O2/c1-7-8(2)11(15-3)5-4-9(7)10-6-16-12(13)14-10/h4-6H,1-3H3,(H2,13,14). The van der Waals surface area contributed by atoms with Crippen LogP contribution in [0.5, 0.6) is 5.75 Å². The largest absolute Gasteiger partial charge is 0.496 e. The number of hydrogen-bond donors (Lipinski definition) is 1. The summed E-state index contributed by atoms with van der Waals surface area (Å²) in [6.45, 7) is 4.04. The second-order valence-corrected chi connectivity index (χ2v) is 3.64. The van der Waals surface area contributed by atoms with Crippen LogP contribution in [-0.2, 0) is 0 Å². The number of anilines is 1. The Morgan fingerprint density at radius 2 is 2.00 bits per heavy atom. The lowest BCUT2D eigenvalue weighted by Crippen LogP contribution is -1.93. The molecule has 0 aliphatic carbocycles. The molecule has 2 N–H and O–H groups in total. The van der Waals surface area contributed by atoms with Crippen molar-refractivity contribution in [2.24, 2.45) is 0 Å². The van der Waals surface area contributed by atoms with Crippen molar-refractivity contribution in [1.82, 2.24) is 4.98 Å². The Morgan fingerprint density at radius 3 is 2.56 bits per heavy atom. The van der Waals surface area contributed by atoms with E-state index < -0.39 is 0 Å². The van der Waals surface area contributed by atoms with Gasteiger partial charge in [-0.05, 0) is 37.1 Å². The van der Waals surface area contributed by atoms with Gasteiger partial charge in [0, 0.05) is 5.56 Å². The molecular weight excluding hydrogens is 204 g/mol. The van der Waals surface area contributed by atoms with Gasteiger partial charge in [0.05, 0.1) is 7.11 Å². The van der Waals surface area contributed by atoms with E-state index in [1.165, 1.54) is 0 Å². The van der Waals surface area contributed by atoms with Crippen molar-refractivity contribution in [2.45, 2.75) is 13.8 Å². The van der Waals surface area contributed by atoms with Crippen molar-refractivity contribution in [3.63, 3.8) is 0 Å². The molecule has 84 valence electrons. The van der Waals surface area contributed by atoms with Crippen LogP contribution < -0.4 is 10.5 Å². The summed E-state index contributed by atoms with van der Waals surface area (Å²) in [5, 5.41) is 0.